The second-order valence-electron chi connectivity index (χ2n) is 6.76. The average molecular weight is 348 g/mol. The summed E-state index contributed by atoms with van der Waals surface area (Å²) in [7, 11) is 1.54. The van der Waals surface area contributed by atoms with Crippen molar-refractivity contribution in [2.24, 2.45) is 0 Å². The van der Waals surface area contributed by atoms with Crippen molar-refractivity contribution >= 4 is 0 Å². The highest BCUT2D eigenvalue weighted by molar-refractivity contribution is 5.57. The Labute approximate surface area is 147 Å². The Bertz CT molecular complexity index is 746. The van der Waals surface area contributed by atoms with Gasteiger partial charge in [0.25, 0.3) is 0 Å². The van der Waals surface area contributed by atoms with Gasteiger partial charge in [0.15, 0.2) is 0 Å². The molecule has 136 valence electrons. The number of hydrogen-bond donors (Lipinski definition) is 1. The van der Waals surface area contributed by atoms with Gasteiger partial charge in [-0.2, -0.15) is 0 Å². The van der Waals surface area contributed by atoms with Crippen LogP contribution in [0.5, 0.6) is 5.75 Å². The van der Waals surface area contributed by atoms with Crippen LogP contribution in [0.15, 0.2) is 22.6 Å². The fourth-order valence-corrected chi connectivity index (χ4v) is 3.33. The molecule has 1 aromatic heterocycles. The first-order chi connectivity index (χ1) is 11.9. The second-order valence-corrected chi connectivity index (χ2v) is 6.76. The number of nitrogens with zero attached hydrogens (tertiary/aromatic N) is 2. The van der Waals surface area contributed by atoms with Crippen molar-refractivity contribution in [2.75, 3.05) is 20.2 Å². The molecule has 0 radical (unpaired) electrons. The number of ether oxygens (including phenoxy) is 1. The van der Waals surface area contributed by atoms with E-state index in [1.54, 1.807) is 12.1 Å². The van der Waals surface area contributed by atoms with Crippen LogP contribution in [0, 0.1) is 12.7 Å². The van der Waals surface area contributed by atoms with Gasteiger partial charge >= 0.3 is 0 Å². The number of benzene rings is 1. The molecule has 1 unspecified atom stereocenters. The molecule has 0 bridgehead atoms. The molecule has 1 saturated heterocycles. The van der Waals surface area contributed by atoms with E-state index in [0.717, 1.165) is 31.5 Å². The summed E-state index contributed by atoms with van der Waals surface area (Å²) in [5.41, 5.74) is 0.437. The third kappa shape index (κ3) is 3.85. The van der Waals surface area contributed by atoms with E-state index in [0.29, 0.717) is 24.6 Å². The zero-order valence-corrected chi connectivity index (χ0v) is 15.0. The molecule has 1 atom stereocenters. The SMILES string of the molecule is CCC1(O)CCCN(Cc2nc(-c3cc(OC)ccc3F)oc2C)C1. The maximum atomic E-state index is 14.1. The fraction of sp³-hybridized carbons (Fsp3) is 0.526. The van der Waals surface area contributed by atoms with E-state index in [9.17, 15) is 9.50 Å². The van der Waals surface area contributed by atoms with Crippen LogP contribution < -0.4 is 4.74 Å². The lowest BCUT2D eigenvalue weighted by molar-refractivity contribution is -0.0361. The van der Waals surface area contributed by atoms with Gasteiger partial charge in [-0.05, 0) is 50.9 Å². The molecule has 1 aromatic carbocycles. The lowest BCUT2D eigenvalue weighted by Gasteiger charge is -2.38. The standard InChI is InChI=1S/C19H25FN2O3/c1-4-19(23)8-5-9-22(12-19)11-17-13(2)25-18(21-17)15-10-14(24-3)6-7-16(15)20/h6-7,10,23H,4-5,8-9,11-12H2,1-3H3. The molecular formula is C19H25FN2O3. The van der Waals surface area contributed by atoms with Crippen LogP contribution in [0.25, 0.3) is 11.5 Å². The number of methoxy groups -OCH3 is 1. The summed E-state index contributed by atoms with van der Waals surface area (Å²) in [6.07, 6.45) is 2.53. The number of β-amino-alcohol motifs (C(OH)–C–C–N with tert-alkyl or cyclic N) is 1. The molecular weight excluding hydrogens is 323 g/mol. The van der Waals surface area contributed by atoms with Crippen molar-refractivity contribution in [1.82, 2.24) is 9.88 Å². The summed E-state index contributed by atoms with van der Waals surface area (Å²) < 4.78 is 25.0. The predicted molar refractivity (Wildman–Crippen MR) is 92.9 cm³/mol. The smallest absolute Gasteiger partial charge is 0.229 e. The monoisotopic (exact) mass is 348 g/mol. The third-order valence-corrected chi connectivity index (χ3v) is 4.96. The highest BCUT2D eigenvalue weighted by Crippen LogP contribution is 2.30. The van der Waals surface area contributed by atoms with Gasteiger partial charge in [-0.3, -0.25) is 4.90 Å². The molecule has 6 heteroatoms. The number of rotatable bonds is 5. The second kappa shape index (κ2) is 7.14. The number of aliphatic hydroxyl groups is 1. The lowest BCUT2D eigenvalue weighted by Crippen LogP contribution is -2.47. The van der Waals surface area contributed by atoms with E-state index >= 15 is 0 Å². The maximum Gasteiger partial charge on any atom is 0.229 e. The number of piperidine rings is 1. The molecule has 0 saturated carbocycles. The molecule has 1 N–H and O–H groups in total. The normalized spacial score (nSPS) is 21.5. The van der Waals surface area contributed by atoms with Crippen LogP contribution in [-0.4, -0.2) is 40.8 Å². The molecule has 5 nitrogen and oxygen atoms in total. The Morgan fingerprint density at radius 3 is 2.96 bits per heavy atom. The van der Waals surface area contributed by atoms with Crippen LogP contribution >= 0.6 is 0 Å². The molecule has 0 amide bonds. The number of halogens is 1. The zero-order valence-electron chi connectivity index (χ0n) is 15.0. The summed E-state index contributed by atoms with van der Waals surface area (Å²) in [6, 6.07) is 4.50. The van der Waals surface area contributed by atoms with Gasteiger partial charge in [0, 0.05) is 13.1 Å². The van der Waals surface area contributed by atoms with Gasteiger partial charge in [-0.1, -0.05) is 6.92 Å². The van der Waals surface area contributed by atoms with Gasteiger partial charge < -0.3 is 14.3 Å². The van der Waals surface area contributed by atoms with Crippen LogP contribution in [0.3, 0.4) is 0 Å². The number of likely N-dealkylation sites (tertiary alicyclic amines) is 1. The molecule has 2 heterocycles. The van der Waals surface area contributed by atoms with Gasteiger partial charge in [0.05, 0.1) is 24.0 Å². The summed E-state index contributed by atoms with van der Waals surface area (Å²) in [4.78, 5) is 6.68. The minimum absolute atomic E-state index is 0.256. The summed E-state index contributed by atoms with van der Waals surface area (Å²) in [5.74, 6) is 1.08. The Morgan fingerprint density at radius 1 is 1.44 bits per heavy atom. The first kappa shape index (κ1) is 17.9. The number of aromatic nitrogens is 1. The molecule has 0 spiro atoms. The van der Waals surface area contributed by atoms with Crippen LogP contribution in [0.1, 0.15) is 37.6 Å². The number of hydrogen-bond acceptors (Lipinski definition) is 5. The average Bonchev–Trinajstić information content (AvgIpc) is 2.96. The van der Waals surface area contributed by atoms with Crippen molar-refractivity contribution < 1.29 is 18.7 Å². The third-order valence-electron chi connectivity index (χ3n) is 4.96. The summed E-state index contributed by atoms with van der Waals surface area (Å²) in [6.45, 7) is 5.97. The molecule has 1 aliphatic rings. The fourth-order valence-electron chi connectivity index (χ4n) is 3.33. The van der Waals surface area contributed by atoms with Crippen molar-refractivity contribution in [3.8, 4) is 17.2 Å². The number of aryl methyl sites for hydroxylation is 1. The molecule has 0 aliphatic carbocycles. The van der Waals surface area contributed by atoms with Crippen molar-refractivity contribution in [3.05, 3.63) is 35.5 Å². The summed E-state index contributed by atoms with van der Waals surface area (Å²) >= 11 is 0. The molecule has 1 aliphatic heterocycles. The van der Waals surface area contributed by atoms with E-state index in [1.807, 2.05) is 13.8 Å². The number of oxazole rings is 1. The quantitative estimate of drug-likeness (QED) is 0.896. The van der Waals surface area contributed by atoms with Crippen molar-refractivity contribution in [1.29, 1.82) is 0 Å². The van der Waals surface area contributed by atoms with Gasteiger partial charge in [-0.25, -0.2) is 9.37 Å². The predicted octanol–water partition coefficient (Wildman–Crippen LogP) is 3.53. The molecule has 3 rings (SSSR count). The Balaban J connectivity index is 1.81. The van der Waals surface area contributed by atoms with Gasteiger partial charge in [0.2, 0.25) is 5.89 Å². The molecule has 25 heavy (non-hydrogen) atoms. The highest BCUT2D eigenvalue weighted by atomic mass is 19.1. The maximum absolute atomic E-state index is 14.1. The first-order valence-corrected chi connectivity index (χ1v) is 8.69. The van der Waals surface area contributed by atoms with E-state index in [2.05, 4.69) is 9.88 Å². The van der Waals surface area contributed by atoms with Crippen LogP contribution in [0.4, 0.5) is 4.39 Å². The first-order valence-electron chi connectivity index (χ1n) is 8.69. The van der Waals surface area contributed by atoms with E-state index in [-0.39, 0.29) is 11.5 Å². The van der Waals surface area contributed by atoms with Crippen molar-refractivity contribution in [2.45, 2.75) is 45.3 Å². The van der Waals surface area contributed by atoms with Crippen LogP contribution in [0.2, 0.25) is 0 Å². The highest BCUT2D eigenvalue weighted by Gasteiger charge is 2.32. The van der Waals surface area contributed by atoms with Crippen LogP contribution in [-0.2, 0) is 6.54 Å². The van der Waals surface area contributed by atoms with E-state index < -0.39 is 11.4 Å². The van der Waals surface area contributed by atoms with Crippen molar-refractivity contribution in [3.63, 3.8) is 0 Å². The Morgan fingerprint density at radius 2 is 2.24 bits per heavy atom. The molecule has 2 aromatic rings. The van der Waals surface area contributed by atoms with E-state index in [1.165, 1.54) is 13.2 Å². The minimum atomic E-state index is -0.627. The largest absolute Gasteiger partial charge is 0.497 e. The van der Waals surface area contributed by atoms with Gasteiger partial charge in [-0.15, -0.1) is 0 Å². The van der Waals surface area contributed by atoms with E-state index in [4.69, 9.17) is 9.15 Å². The summed E-state index contributed by atoms with van der Waals surface area (Å²) in [5, 5.41) is 10.5. The lowest BCUT2D eigenvalue weighted by atomic mass is 9.90. The Hall–Kier alpha value is -1.92. The Kier molecular flexibility index (Phi) is 5.11. The molecule has 1 fully saturated rings. The topological polar surface area (TPSA) is 58.7 Å². The zero-order chi connectivity index (χ0) is 18.0. The minimum Gasteiger partial charge on any atom is -0.497 e. The van der Waals surface area contributed by atoms with Gasteiger partial charge in [0.1, 0.15) is 17.3 Å².